The van der Waals surface area contributed by atoms with E-state index in [1.807, 2.05) is 18.2 Å². The topological polar surface area (TPSA) is 54.0 Å². The van der Waals surface area contributed by atoms with Crippen LogP contribution in [0.15, 0.2) is 18.2 Å². The van der Waals surface area contributed by atoms with Crippen molar-refractivity contribution in [2.75, 3.05) is 40.4 Å². The van der Waals surface area contributed by atoms with Gasteiger partial charge in [-0.15, -0.1) is 24.8 Å². The van der Waals surface area contributed by atoms with Crippen LogP contribution in [0.5, 0.6) is 11.5 Å². The average molecular weight is 460 g/mol. The third-order valence-corrected chi connectivity index (χ3v) is 6.73. The molecular formula is C22H35Cl2N3O3. The fraction of sp³-hybridized carbons (Fsp3) is 0.682. The van der Waals surface area contributed by atoms with E-state index in [4.69, 9.17) is 9.47 Å². The number of halogens is 2. The summed E-state index contributed by atoms with van der Waals surface area (Å²) in [6.45, 7) is 4.21. The van der Waals surface area contributed by atoms with Crippen LogP contribution in [-0.2, 0) is 11.3 Å². The normalized spacial score (nSPS) is 26.2. The lowest BCUT2D eigenvalue weighted by Gasteiger charge is -2.36. The Morgan fingerprint density at radius 2 is 1.80 bits per heavy atom. The first-order valence-electron chi connectivity index (χ1n) is 10.7. The minimum atomic E-state index is 0. The number of hydrogen-bond donors (Lipinski definition) is 1. The first-order chi connectivity index (χ1) is 13.7. The summed E-state index contributed by atoms with van der Waals surface area (Å²) in [4.78, 5) is 17.5. The SMILES string of the molecule is COc1ccc(OC)c(CN2CCN(C(=O)C3CC4CCCCC4N3)CC2)c1.Cl.Cl. The van der Waals surface area contributed by atoms with Gasteiger partial charge in [0.2, 0.25) is 5.91 Å². The highest BCUT2D eigenvalue weighted by Crippen LogP contribution is 2.34. The summed E-state index contributed by atoms with van der Waals surface area (Å²) in [5.41, 5.74) is 1.13. The summed E-state index contributed by atoms with van der Waals surface area (Å²) in [5.74, 6) is 2.76. The van der Waals surface area contributed by atoms with Crippen LogP contribution in [-0.4, -0.2) is 68.2 Å². The van der Waals surface area contributed by atoms with Crippen molar-refractivity contribution >= 4 is 30.7 Å². The summed E-state index contributed by atoms with van der Waals surface area (Å²) >= 11 is 0. The van der Waals surface area contributed by atoms with Gasteiger partial charge in [-0.1, -0.05) is 12.8 Å². The molecule has 0 radical (unpaired) electrons. The smallest absolute Gasteiger partial charge is 0.239 e. The Hall–Kier alpha value is -1.21. The number of rotatable bonds is 5. The van der Waals surface area contributed by atoms with Crippen LogP contribution in [0.4, 0.5) is 0 Å². The van der Waals surface area contributed by atoms with Crippen molar-refractivity contribution in [1.82, 2.24) is 15.1 Å². The lowest BCUT2D eigenvalue weighted by atomic mass is 9.85. The van der Waals surface area contributed by atoms with Crippen LogP contribution in [0.1, 0.15) is 37.7 Å². The molecule has 1 amide bonds. The van der Waals surface area contributed by atoms with Crippen molar-refractivity contribution in [2.24, 2.45) is 5.92 Å². The Labute approximate surface area is 192 Å². The second-order valence-electron chi connectivity index (χ2n) is 8.39. The number of nitrogens with one attached hydrogen (secondary N) is 1. The first-order valence-corrected chi connectivity index (χ1v) is 10.7. The molecule has 170 valence electrons. The second kappa shape index (κ2) is 11.4. The van der Waals surface area contributed by atoms with Gasteiger partial charge < -0.3 is 19.7 Å². The molecule has 8 heteroatoms. The number of fused-ring (bicyclic) bond motifs is 1. The highest BCUT2D eigenvalue weighted by atomic mass is 35.5. The van der Waals surface area contributed by atoms with Gasteiger partial charge in [0.15, 0.2) is 0 Å². The van der Waals surface area contributed by atoms with Crippen LogP contribution in [0, 0.1) is 5.92 Å². The molecule has 0 spiro atoms. The van der Waals surface area contributed by atoms with Gasteiger partial charge in [-0.2, -0.15) is 0 Å². The average Bonchev–Trinajstić information content (AvgIpc) is 3.18. The summed E-state index contributed by atoms with van der Waals surface area (Å²) in [6, 6.07) is 6.54. The van der Waals surface area contributed by atoms with E-state index in [1.165, 1.54) is 25.7 Å². The number of benzene rings is 1. The van der Waals surface area contributed by atoms with E-state index in [0.717, 1.165) is 56.2 Å². The molecule has 0 aromatic heterocycles. The standard InChI is InChI=1S/C22H33N3O3.2ClH/c1-27-18-7-8-21(28-2)17(13-18)15-24-9-11-25(12-10-24)22(26)20-14-16-5-3-4-6-19(16)23-20;;/h7-8,13,16,19-20,23H,3-6,9-12,14-15H2,1-2H3;2*1H. The van der Waals surface area contributed by atoms with Crippen LogP contribution in [0.2, 0.25) is 0 Å². The predicted molar refractivity (Wildman–Crippen MR) is 123 cm³/mol. The second-order valence-corrected chi connectivity index (χ2v) is 8.39. The van der Waals surface area contributed by atoms with E-state index in [2.05, 4.69) is 15.1 Å². The maximum atomic E-state index is 13.0. The van der Waals surface area contributed by atoms with Gasteiger partial charge in [-0.3, -0.25) is 9.69 Å². The molecule has 0 bridgehead atoms. The highest BCUT2D eigenvalue weighted by Gasteiger charge is 2.40. The Morgan fingerprint density at radius 3 is 2.47 bits per heavy atom. The molecule has 3 aliphatic rings. The fourth-order valence-electron chi connectivity index (χ4n) is 5.10. The van der Waals surface area contributed by atoms with E-state index in [9.17, 15) is 4.79 Å². The number of ether oxygens (including phenoxy) is 2. The highest BCUT2D eigenvalue weighted by molar-refractivity contribution is 5.85. The third-order valence-electron chi connectivity index (χ3n) is 6.73. The van der Waals surface area contributed by atoms with Gasteiger partial charge in [0.05, 0.1) is 20.3 Å². The molecule has 2 aliphatic heterocycles. The van der Waals surface area contributed by atoms with Gasteiger partial charge in [0, 0.05) is 44.3 Å². The zero-order chi connectivity index (χ0) is 19.5. The van der Waals surface area contributed by atoms with E-state index in [-0.39, 0.29) is 30.9 Å². The largest absolute Gasteiger partial charge is 0.497 e. The molecule has 1 aromatic rings. The van der Waals surface area contributed by atoms with Crippen molar-refractivity contribution in [2.45, 2.75) is 50.7 Å². The molecule has 6 nitrogen and oxygen atoms in total. The molecule has 1 saturated carbocycles. The van der Waals surface area contributed by atoms with Crippen LogP contribution in [0.3, 0.4) is 0 Å². The van der Waals surface area contributed by atoms with Gasteiger partial charge in [0.25, 0.3) is 0 Å². The Bertz CT molecular complexity index is 684. The Morgan fingerprint density at radius 1 is 1.07 bits per heavy atom. The Balaban J connectivity index is 0.00000160. The summed E-state index contributed by atoms with van der Waals surface area (Å²) in [5, 5.41) is 3.63. The number of piperazine rings is 1. The summed E-state index contributed by atoms with van der Waals surface area (Å²) < 4.78 is 10.9. The number of methoxy groups -OCH3 is 2. The molecule has 1 N–H and O–H groups in total. The lowest BCUT2D eigenvalue weighted by Crippen LogP contribution is -2.53. The molecule has 2 saturated heterocycles. The van der Waals surface area contributed by atoms with Crippen molar-refractivity contribution in [1.29, 1.82) is 0 Å². The van der Waals surface area contributed by atoms with Gasteiger partial charge >= 0.3 is 0 Å². The summed E-state index contributed by atoms with van der Waals surface area (Å²) in [7, 11) is 3.39. The minimum absolute atomic E-state index is 0. The van der Waals surface area contributed by atoms with E-state index < -0.39 is 0 Å². The molecule has 3 fully saturated rings. The molecule has 4 rings (SSSR count). The molecule has 2 heterocycles. The number of carbonyl (C=O) groups is 1. The zero-order valence-corrected chi connectivity index (χ0v) is 19.6. The maximum Gasteiger partial charge on any atom is 0.239 e. The fourth-order valence-corrected chi connectivity index (χ4v) is 5.10. The van der Waals surface area contributed by atoms with Crippen LogP contribution >= 0.6 is 24.8 Å². The molecule has 30 heavy (non-hydrogen) atoms. The maximum absolute atomic E-state index is 13.0. The Kier molecular flexibility index (Phi) is 9.54. The molecular weight excluding hydrogens is 425 g/mol. The van der Waals surface area contributed by atoms with Gasteiger partial charge in [-0.25, -0.2) is 0 Å². The van der Waals surface area contributed by atoms with Crippen LogP contribution in [0.25, 0.3) is 0 Å². The molecule has 3 unspecified atom stereocenters. The van der Waals surface area contributed by atoms with Crippen LogP contribution < -0.4 is 14.8 Å². The number of carbonyl (C=O) groups excluding carboxylic acids is 1. The van der Waals surface area contributed by atoms with E-state index in [0.29, 0.717) is 17.9 Å². The van der Waals surface area contributed by atoms with Crippen molar-refractivity contribution in [3.8, 4) is 11.5 Å². The number of amides is 1. The first kappa shape index (κ1) is 25.1. The van der Waals surface area contributed by atoms with E-state index >= 15 is 0 Å². The van der Waals surface area contributed by atoms with Crippen molar-refractivity contribution in [3.05, 3.63) is 23.8 Å². The van der Waals surface area contributed by atoms with Gasteiger partial charge in [0.1, 0.15) is 11.5 Å². The third kappa shape index (κ3) is 5.52. The van der Waals surface area contributed by atoms with Crippen molar-refractivity contribution < 1.29 is 14.3 Å². The molecule has 3 atom stereocenters. The predicted octanol–water partition coefficient (Wildman–Crippen LogP) is 3.11. The molecule has 1 aromatic carbocycles. The number of nitrogens with zero attached hydrogens (tertiary/aromatic N) is 2. The quantitative estimate of drug-likeness (QED) is 0.732. The number of hydrogen-bond acceptors (Lipinski definition) is 5. The van der Waals surface area contributed by atoms with Gasteiger partial charge in [-0.05, 0) is 43.4 Å². The summed E-state index contributed by atoms with van der Waals surface area (Å²) in [6.07, 6.45) is 6.20. The minimum Gasteiger partial charge on any atom is -0.497 e. The monoisotopic (exact) mass is 459 g/mol. The molecule has 1 aliphatic carbocycles. The lowest BCUT2D eigenvalue weighted by molar-refractivity contribution is -0.135. The van der Waals surface area contributed by atoms with Crippen molar-refractivity contribution in [3.63, 3.8) is 0 Å². The van der Waals surface area contributed by atoms with E-state index in [1.54, 1.807) is 14.2 Å². The zero-order valence-electron chi connectivity index (χ0n) is 18.0.